The summed E-state index contributed by atoms with van der Waals surface area (Å²) in [5, 5.41) is 5.53. The first-order valence-corrected chi connectivity index (χ1v) is 8.90. The highest BCUT2D eigenvalue weighted by atomic mass is 16.2. The summed E-state index contributed by atoms with van der Waals surface area (Å²) in [4.78, 5) is 28.8. The number of rotatable bonds is 4. The Balaban J connectivity index is 1.54. The van der Waals surface area contributed by atoms with Gasteiger partial charge in [-0.2, -0.15) is 0 Å². The van der Waals surface area contributed by atoms with Gasteiger partial charge < -0.3 is 20.4 Å². The summed E-state index contributed by atoms with van der Waals surface area (Å²) in [5.41, 5.74) is 2.01. The lowest BCUT2D eigenvalue weighted by Crippen LogP contribution is -2.48. The van der Waals surface area contributed by atoms with Gasteiger partial charge in [-0.05, 0) is 42.9 Å². The normalized spacial score (nSPS) is 14.7. The maximum atomic E-state index is 12.6. The van der Waals surface area contributed by atoms with Gasteiger partial charge in [0.15, 0.2) is 0 Å². The molecule has 0 spiro atoms. The maximum Gasteiger partial charge on any atom is 0.323 e. The van der Waals surface area contributed by atoms with Crippen LogP contribution >= 0.6 is 0 Å². The number of nitrogens with zero attached hydrogens (tertiary/aromatic N) is 2. The minimum Gasteiger partial charge on any atom is -0.336 e. The Morgan fingerprint density at radius 1 is 0.846 bits per heavy atom. The highest BCUT2D eigenvalue weighted by Gasteiger charge is 2.21. The number of hydrogen-bond acceptors (Lipinski definition) is 3. The quantitative estimate of drug-likeness (QED) is 0.889. The van der Waals surface area contributed by atoms with E-state index in [-0.39, 0.29) is 11.9 Å². The molecular weight excluding hydrogens is 328 g/mol. The van der Waals surface area contributed by atoms with E-state index < -0.39 is 0 Å². The van der Waals surface area contributed by atoms with E-state index in [1.165, 1.54) is 0 Å². The fourth-order valence-corrected chi connectivity index (χ4v) is 2.96. The first-order valence-electron chi connectivity index (χ1n) is 8.90. The molecule has 26 heavy (non-hydrogen) atoms. The Morgan fingerprint density at radius 3 is 2.00 bits per heavy atom. The SMILES string of the molecule is CCN1CCN(C(=O)c2ccc(NC(=O)Nc3ccccc3)cc2)CC1. The molecular formula is C20H24N4O2. The summed E-state index contributed by atoms with van der Waals surface area (Å²) in [6.07, 6.45) is 0. The van der Waals surface area contributed by atoms with Crippen LogP contribution in [0.1, 0.15) is 17.3 Å². The van der Waals surface area contributed by atoms with Crippen LogP contribution in [0, 0.1) is 0 Å². The van der Waals surface area contributed by atoms with E-state index in [9.17, 15) is 9.59 Å². The molecule has 1 heterocycles. The molecule has 0 atom stereocenters. The number of anilines is 2. The van der Waals surface area contributed by atoms with Crippen molar-refractivity contribution in [3.05, 3.63) is 60.2 Å². The van der Waals surface area contributed by atoms with Crippen LogP contribution < -0.4 is 10.6 Å². The van der Waals surface area contributed by atoms with Crippen LogP contribution in [-0.2, 0) is 0 Å². The molecule has 0 saturated carbocycles. The van der Waals surface area contributed by atoms with E-state index in [1.54, 1.807) is 24.3 Å². The second-order valence-electron chi connectivity index (χ2n) is 6.25. The average molecular weight is 352 g/mol. The lowest BCUT2D eigenvalue weighted by Gasteiger charge is -2.34. The Morgan fingerprint density at radius 2 is 1.42 bits per heavy atom. The summed E-state index contributed by atoms with van der Waals surface area (Å²) in [5.74, 6) is 0.0426. The Labute approximate surface area is 153 Å². The summed E-state index contributed by atoms with van der Waals surface area (Å²) in [6.45, 7) is 6.51. The molecule has 1 aliphatic heterocycles. The van der Waals surface area contributed by atoms with Crippen molar-refractivity contribution in [2.75, 3.05) is 43.4 Å². The van der Waals surface area contributed by atoms with Gasteiger partial charge in [0.05, 0.1) is 0 Å². The number of urea groups is 1. The molecule has 0 aliphatic carbocycles. The van der Waals surface area contributed by atoms with Gasteiger partial charge in [0, 0.05) is 43.1 Å². The molecule has 2 N–H and O–H groups in total. The standard InChI is InChI=1S/C20H24N4O2/c1-2-23-12-14-24(15-13-23)19(25)16-8-10-18(11-9-16)22-20(26)21-17-6-4-3-5-7-17/h3-11H,2,12-15H2,1H3,(H2,21,22,26). The fraction of sp³-hybridized carbons (Fsp3) is 0.300. The molecule has 136 valence electrons. The second-order valence-corrected chi connectivity index (χ2v) is 6.25. The van der Waals surface area contributed by atoms with Gasteiger partial charge in [-0.15, -0.1) is 0 Å². The highest BCUT2D eigenvalue weighted by Crippen LogP contribution is 2.14. The van der Waals surface area contributed by atoms with Gasteiger partial charge in [0.2, 0.25) is 0 Å². The largest absolute Gasteiger partial charge is 0.336 e. The van der Waals surface area contributed by atoms with Crippen molar-refractivity contribution in [2.24, 2.45) is 0 Å². The Bertz CT molecular complexity index is 738. The Kier molecular flexibility index (Phi) is 5.86. The van der Waals surface area contributed by atoms with Gasteiger partial charge in [0.25, 0.3) is 5.91 Å². The first-order chi connectivity index (χ1) is 12.7. The van der Waals surface area contributed by atoms with Crippen LogP contribution in [0.3, 0.4) is 0 Å². The third-order valence-corrected chi connectivity index (χ3v) is 4.53. The molecule has 6 heteroatoms. The minimum absolute atomic E-state index is 0.0426. The van der Waals surface area contributed by atoms with Gasteiger partial charge in [-0.25, -0.2) is 4.79 Å². The number of piperazine rings is 1. The molecule has 1 saturated heterocycles. The van der Waals surface area contributed by atoms with E-state index in [0.29, 0.717) is 11.3 Å². The predicted octanol–water partition coefficient (Wildman–Crippen LogP) is 3.11. The number of nitrogens with one attached hydrogen (secondary N) is 2. The molecule has 2 aromatic rings. The van der Waals surface area contributed by atoms with Crippen molar-refractivity contribution in [2.45, 2.75) is 6.92 Å². The molecule has 6 nitrogen and oxygen atoms in total. The zero-order valence-corrected chi connectivity index (χ0v) is 14.9. The average Bonchev–Trinajstić information content (AvgIpc) is 2.69. The number of amides is 3. The third kappa shape index (κ3) is 4.61. The van der Waals surface area contributed by atoms with Crippen molar-refractivity contribution in [3.63, 3.8) is 0 Å². The number of likely N-dealkylation sites (N-methyl/N-ethyl adjacent to an activating group) is 1. The molecule has 3 amide bonds. The molecule has 0 unspecified atom stereocenters. The first kappa shape index (κ1) is 17.9. The van der Waals surface area contributed by atoms with Crippen LogP contribution in [0.15, 0.2) is 54.6 Å². The molecule has 0 bridgehead atoms. The van der Waals surface area contributed by atoms with Crippen LogP contribution in [0.25, 0.3) is 0 Å². The van der Waals surface area contributed by atoms with Crippen molar-refractivity contribution in [3.8, 4) is 0 Å². The van der Waals surface area contributed by atoms with Gasteiger partial charge in [0.1, 0.15) is 0 Å². The number of carbonyl (C=O) groups excluding carboxylic acids is 2. The number of hydrogen-bond donors (Lipinski definition) is 2. The summed E-state index contributed by atoms with van der Waals surface area (Å²) in [6, 6.07) is 15.9. The van der Waals surface area contributed by atoms with Crippen LogP contribution in [0.4, 0.5) is 16.2 Å². The zero-order chi connectivity index (χ0) is 18.4. The van der Waals surface area contributed by atoms with Crippen molar-refractivity contribution < 1.29 is 9.59 Å². The zero-order valence-electron chi connectivity index (χ0n) is 14.9. The van der Waals surface area contributed by atoms with Crippen LogP contribution in [0.5, 0.6) is 0 Å². The molecule has 1 fully saturated rings. The van der Waals surface area contributed by atoms with Gasteiger partial charge in [-0.3, -0.25) is 4.79 Å². The van der Waals surface area contributed by atoms with Crippen molar-refractivity contribution >= 4 is 23.3 Å². The lowest BCUT2D eigenvalue weighted by molar-refractivity contribution is 0.0643. The monoisotopic (exact) mass is 352 g/mol. The highest BCUT2D eigenvalue weighted by molar-refractivity contribution is 6.00. The summed E-state index contributed by atoms with van der Waals surface area (Å²) < 4.78 is 0. The molecule has 0 aromatic heterocycles. The second kappa shape index (κ2) is 8.49. The summed E-state index contributed by atoms with van der Waals surface area (Å²) in [7, 11) is 0. The van der Waals surface area contributed by atoms with Gasteiger partial charge >= 0.3 is 6.03 Å². The maximum absolute atomic E-state index is 12.6. The molecule has 2 aromatic carbocycles. The molecule has 1 aliphatic rings. The third-order valence-electron chi connectivity index (χ3n) is 4.53. The van der Waals surface area contributed by atoms with Crippen LogP contribution in [-0.4, -0.2) is 54.5 Å². The van der Waals surface area contributed by atoms with Crippen LogP contribution in [0.2, 0.25) is 0 Å². The van der Waals surface area contributed by atoms with Crippen molar-refractivity contribution in [1.29, 1.82) is 0 Å². The predicted molar refractivity (Wildman–Crippen MR) is 104 cm³/mol. The smallest absolute Gasteiger partial charge is 0.323 e. The molecule has 0 radical (unpaired) electrons. The van der Waals surface area contributed by atoms with E-state index in [1.807, 2.05) is 35.2 Å². The van der Waals surface area contributed by atoms with E-state index >= 15 is 0 Å². The Hall–Kier alpha value is -2.86. The van der Waals surface area contributed by atoms with E-state index in [2.05, 4.69) is 22.5 Å². The molecule has 3 rings (SSSR count). The fourth-order valence-electron chi connectivity index (χ4n) is 2.96. The van der Waals surface area contributed by atoms with E-state index in [4.69, 9.17) is 0 Å². The topological polar surface area (TPSA) is 64.7 Å². The number of carbonyl (C=O) groups is 2. The lowest BCUT2D eigenvalue weighted by atomic mass is 10.1. The summed E-state index contributed by atoms with van der Waals surface area (Å²) >= 11 is 0. The minimum atomic E-state index is -0.314. The van der Waals surface area contributed by atoms with Gasteiger partial charge in [-0.1, -0.05) is 25.1 Å². The van der Waals surface area contributed by atoms with Crippen molar-refractivity contribution in [1.82, 2.24) is 9.80 Å². The van der Waals surface area contributed by atoms with E-state index in [0.717, 1.165) is 38.4 Å². The number of benzene rings is 2. The number of para-hydroxylation sites is 1.